The van der Waals surface area contributed by atoms with E-state index in [0.717, 1.165) is 48.2 Å². The third-order valence-corrected chi connectivity index (χ3v) is 7.69. The molecular formula is C28H33N5O3. The number of nitrogens with one attached hydrogen (secondary N) is 2. The van der Waals surface area contributed by atoms with E-state index in [2.05, 4.69) is 29.0 Å². The van der Waals surface area contributed by atoms with Crippen LogP contribution < -0.4 is 10.2 Å². The highest BCUT2D eigenvalue weighted by molar-refractivity contribution is 6.25. The van der Waals surface area contributed by atoms with E-state index < -0.39 is 11.6 Å². The monoisotopic (exact) mass is 487 g/mol. The Morgan fingerprint density at radius 2 is 1.81 bits per heavy atom. The smallest absolute Gasteiger partial charge is 0.332 e. The number of benzene rings is 2. The van der Waals surface area contributed by atoms with Crippen LogP contribution in [-0.2, 0) is 16.8 Å². The fourth-order valence-corrected chi connectivity index (χ4v) is 5.60. The van der Waals surface area contributed by atoms with Crippen molar-refractivity contribution in [3.63, 3.8) is 0 Å². The third kappa shape index (κ3) is 3.67. The quantitative estimate of drug-likeness (QED) is 0.373. The van der Waals surface area contributed by atoms with Crippen molar-refractivity contribution in [3.8, 4) is 0 Å². The number of para-hydroxylation sites is 2. The van der Waals surface area contributed by atoms with Gasteiger partial charge in [0.25, 0.3) is 11.8 Å². The SMILES string of the molecule is CCN(CC)CCCNC(=O)c1ccccc1N1C(=O)N2CCc3c([nH]c4ccccc34)[C@@]2(C)C1=O. The standard InChI is InChI=1S/C28H33N5O3/c1-4-31(5-2)17-10-16-29-25(34)21-12-7-9-14-23(21)33-26(35)28(3)24-20(15-18-32(28)27(33)36)19-11-6-8-13-22(19)30-24/h6-9,11-14,30H,4-5,10,15-18H2,1-3H3,(H,29,34)/t28-/m0/s1. The molecule has 4 amide bonds. The maximum Gasteiger partial charge on any atom is 0.332 e. The zero-order valence-corrected chi connectivity index (χ0v) is 21.1. The lowest BCUT2D eigenvalue weighted by Crippen LogP contribution is -2.49. The number of rotatable bonds is 8. The number of anilines is 1. The second-order valence-electron chi connectivity index (χ2n) is 9.57. The Morgan fingerprint density at radius 3 is 2.58 bits per heavy atom. The number of aromatic nitrogens is 1. The maximum atomic E-state index is 14.0. The lowest BCUT2D eigenvalue weighted by molar-refractivity contribution is -0.125. The number of hydrogen-bond acceptors (Lipinski definition) is 4. The first kappa shape index (κ1) is 24.1. The number of imide groups is 1. The molecule has 2 N–H and O–H groups in total. The minimum Gasteiger partial charge on any atom is -0.356 e. The second kappa shape index (κ2) is 9.43. The van der Waals surface area contributed by atoms with Gasteiger partial charge in [-0.15, -0.1) is 0 Å². The summed E-state index contributed by atoms with van der Waals surface area (Å²) in [6.07, 6.45) is 1.49. The molecule has 8 heteroatoms. The molecule has 0 unspecified atom stereocenters. The number of hydrogen-bond donors (Lipinski definition) is 2. The number of amides is 4. The minimum absolute atomic E-state index is 0.285. The average Bonchev–Trinajstić information content (AvgIpc) is 3.37. The summed E-state index contributed by atoms with van der Waals surface area (Å²) in [5.41, 5.74) is 2.27. The lowest BCUT2D eigenvalue weighted by atomic mass is 9.87. The molecule has 1 aromatic heterocycles. The zero-order valence-electron chi connectivity index (χ0n) is 21.1. The van der Waals surface area contributed by atoms with E-state index in [1.54, 1.807) is 36.1 Å². The van der Waals surface area contributed by atoms with Gasteiger partial charge in [0.1, 0.15) is 0 Å². The summed E-state index contributed by atoms with van der Waals surface area (Å²) in [5, 5.41) is 4.05. The van der Waals surface area contributed by atoms with E-state index in [-0.39, 0.29) is 11.8 Å². The molecule has 2 aliphatic heterocycles. The summed E-state index contributed by atoms with van der Waals surface area (Å²) < 4.78 is 0. The van der Waals surface area contributed by atoms with Gasteiger partial charge in [-0.2, -0.15) is 0 Å². The summed E-state index contributed by atoms with van der Waals surface area (Å²) in [6.45, 7) is 9.85. The van der Waals surface area contributed by atoms with Gasteiger partial charge in [0.05, 0.1) is 16.9 Å². The Morgan fingerprint density at radius 1 is 1.08 bits per heavy atom. The summed E-state index contributed by atoms with van der Waals surface area (Å²) in [7, 11) is 0. The fraction of sp³-hybridized carbons (Fsp3) is 0.393. The van der Waals surface area contributed by atoms with Crippen LogP contribution in [0.15, 0.2) is 48.5 Å². The Balaban J connectivity index is 1.43. The van der Waals surface area contributed by atoms with Gasteiger partial charge in [0, 0.05) is 24.0 Å². The first-order valence-corrected chi connectivity index (χ1v) is 12.8. The Kier molecular flexibility index (Phi) is 6.30. The number of carbonyl (C=O) groups excluding carboxylic acids is 3. The Bertz CT molecular complexity index is 1330. The number of urea groups is 1. The van der Waals surface area contributed by atoms with Crippen LogP contribution in [0.5, 0.6) is 0 Å². The number of aromatic amines is 1. The zero-order chi connectivity index (χ0) is 25.4. The van der Waals surface area contributed by atoms with Crippen molar-refractivity contribution in [3.05, 3.63) is 65.4 Å². The molecule has 1 atom stereocenters. The molecule has 1 fully saturated rings. The fourth-order valence-electron chi connectivity index (χ4n) is 5.60. The molecular weight excluding hydrogens is 454 g/mol. The minimum atomic E-state index is -1.16. The highest BCUT2D eigenvalue weighted by atomic mass is 16.2. The van der Waals surface area contributed by atoms with Gasteiger partial charge in [-0.05, 0) is 63.2 Å². The number of nitrogens with zero attached hydrogens (tertiary/aromatic N) is 3. The summed E-state index contributed by atoms with van der Waals surface area (Å²) in [5.74, 6) is -0.631. The van der Waals surface area contributed by atoms with Crippen molar-refractivity contribution in [2.45, 2.75) is 39.2 Å². The van der Waals surface area contributed by atoms with Crippen LogP contribution in [-0.4, -0.2) is 65.4 Å². The molecule has 0 saturated carbocycles. The average molecular weight is 488 g/mol. The van der Waals surface area contributed by atoms with Crippen molar-refractivity contribution in [2.24, 2.45) is 0 Å². The van der Waals surface area contributed by atoms with Crippen LogP contribution in [0.4, 0.5) is 10.5 Å². The van der Waals surface area contributed by atoms with E-state index in [4.69, 9.17) is 0 Å². The molecule has 188 valence electrons. The highest BCUT2D eigenvalue weighted by Gasteiger charge is 2.59. The molecule has 2 aromatic carbocycles. The topological polar surface area (TPSA) is 88.8 Å². The summed E-state index contributed by atoms with van der Waals surface area (Å²) in [4.78, 5) is 49.3. The van der Waals surface area contributed by atoms with E-state index in [1.165, 1.54) is 4.90 Å². The van der Waals surface area contributed by atoms with Crippen molar-refractivity contribution in [2.75, 3.05) is 37.6 Å². The van der Waals surface area contributed by atoms with Gasteiger partial charge < -0.3 is 20.1 Å². The first-order valence-electron chi connectivity index (χ1n) is 12.8. The third-order valence-electron chi connectivity index (χ3n) is 7.69. The normalized spacial score (nSPS) is 19.2. The van der Waals surface area contributed by atoms with Gasteiger partial charge >= 0.3 is 6.03 Å². The van der Waals surface area contributed by atoms with Gasteiger partial charge in [0.15, 0.2) is 5.54 Å². The van der Waals surface area contributed by atoms with E-state index >= 15 is 0 Å². The lowest BCUT2D eigenvalue weighted by Gasteiger charge is -2.35. The number of carbonyl (C=O) groups is 3. The van der Waals surface area contributed by atoms with Crippen LogP contribution in [0, 0.1) is 0 Å². The van der Waals surface area contributed by atoms with Crippen LogP contribution in [0.1, 0.15) is 48.8 Å². The molecule has 5 rings (SSSR count). The van der Waals surface area contributed by atoms with Crippen molar-refractivity contribution in [1.29, 1.82) is 0 Å². The molecule has 0 aliphatic carbocycles. The van der Waals surface area contributed by atoms with Crippen molar-refractivity contribution < 1.29 is 14.4 Å². The molecule has 8 nitrogen and oxygen atoms in total. The van der Waals surface area contributed by atoms with Crippen molar-refractivity contribution >= 4 is 34.4 Å². The molecule has 3 heterocycles. The molecule has 36 heavy (non-hydrogen) atoms. The number of H-pyrrole nitrogens is 1. The van der Waals surface area contributed by atoms with E-state index in [1.807, 2.05) is 24.3 Å². The molecule has 0 bridgehead atoms. The Hall–Kier alpha value is -3.65. The molecule has 0 spiro atoms. The van der Waals surface area contributed by atoms with Gasteiger partial charge in [-0.25, -0.2) is 9.69 Å². The van der Waals surface area contributed by atoms with Crippen LogP contribution in [0.3, 0.4) is 0 Å². The van der Waals surface area contributed by atoms with Crippen LogP contribution in [0.2, 0.25) is 0 Å². The maximum absolute atomic E-state index is 14.0. The molecule has 2 aliphatic rings. The van der Waals surface area contributed by atoms with Gasteiger partial charge in [-0.3, -0.25) is 9.59 Å². The largest absolute Gasteiger partial charge is 0.356 e. The van der Waals surface area contributed by atoms with Crippen molar-refractivity contribution in [1.82, 2.24) is 20.1 Å². The summed E-state index contributed by atoms with van der Waals surface area (Å²) >= 11 is 0. The second-order valence-corrected chi connectivity index (χ2v) is 9.57. The number of fused-ring (bicyclic) bond motifs is 5. The van der Waals surface area contributed by atoms with Crippen LogP contribution >= 0.6 is 0 Å². The highest BCUT2D eigenvalue weighted by Crippen LogP contribution is 2.45. The molecule has 3 aromatic rings. The first-order chi connectivity index (χ1) is 17.4. The molecule has 1 saturated heterocycles. The Labute approximate surface area is 211 Å². The van der Waals surface area contributed by atoms with E-state index in [9.17, 15) is 14.4 Å². The summed E-state index contributed by atoms with van der Waals surface area (Å²) in [6, 6.07) is 14.4. The predicted octanol–water partition coefficient (Wildman–Crippen LogP) is 3.87. The predicted molar refractivity (Wildman–Crippen MR) is 140 cm³/mol. The van der Waals surface area contributed by atoms with Gasteiger partial charge in [-0.1, -0.05) is 44.2 Å². The molecule has 0 radical (unpaired) electrons. The van der Waals surface area contributed by atoms with Gasteiger partial charge in [0.2, 0.25) is 0 Å². The van der Waals surface area contributed by atoms with E-state index in [0.29, 0.717) is 30.8 Å². The van der Waals surface area contributed by atoms with Crippen LogP contribution in [0.25, 0.3) is 10.9 Å².